The Hall–Kier alpha value is -3.87. The van der Waals surface area contributed by atoms with Crippen LogP contribution in [0.5, 0.6) is 0 Å². The zero-order valence-corrected chi connectivity index (χ0v) is 20.2. The molecule has 3 N–H and O–H groups in total. The highest BCUT2D eigenvalue weighted by Crippen LogP contribution is 2.31. The lowest BCUT2D eigenvalue weighted by molar-refractivity contribution is 0.0951. The van der Waals surface area contributed by atoms with Crippen molar-refractivity contribution in [1.82, 2.24) is 5.32 Å². The van der Waals surface area contributed by atoms with Gasteiger partial charge in [-0.15, -0.1) is 0 Å². The number of halogens is 1. The van der Waals surface area contributed by atoms with E-state index in [0.29, 0.717) is 17.2 Å². The number of nitrogens with zero attached hydrogens (tertiary/aromatic N) is 1. The molecule has 1 saturated heterocycles. The summed E-state index contributed by atoms with van der Waals surface area (Å²) in [5, 5.41) is 8.32. The fourth-order valence-electron chi connectivity index (χ4n) is 4.73. The van der Waals surface area contributed by atoms with Crippen LogP contribution >= 0.6 is 0 Å². The van der Waals surface area contributed by atoms with Gasteiger partial charge in [0.15, 0.2) is 0 Å². The van der Waals surface area contributed by atoms with Gasteiger partial charge in [0, 0.05) is 30.5 Å². The van der Waals surface area contributed by atoms with Crippen LogP contribution in [-0.2, 0) is 6.42 Å². The Labute approximate surface area is 210 Å². The lowest BCUT2D eigenvalue weighted by Gasteiger charge is -2.35. The molecule has 1 saturated carbocycles. The van der Waals surface area contributed by atoms with Gasteiger partial charge < -0.3 is 20.9 Å². The first-order valence-corrected chi connectivity index (χ1v) is 12.6. The Kier molecular flexibility index (Phi) is 7.16. The van der Waals surface area contributed by atoms with Gasteiger partial charge in [0.2, 0.25) is 0 Å². The molecule has 2 aliphatic rings. The topological polar surface area (TPSA) is 73.5 Å². The molecule has 7 heteroatoms. The quantitative estimate of drug-likeness (QED) is 0.394. The van der Waals surface area contributed by atoms with Gasteiger partial charge in [-0.1, -0.05) is 42.5 Å². The number of amides is 3. The van der Waals surface area contributed by atoms with E-state index in [1.807, 2.05) is 12.1 Å². The number of anilines is 3. The van der Waals surface area contributed by atoms with E-state index in [0.717, 1.165) is 50.9 Å². The molecule has 3 aromatic rings. The molecule has 0 spiro atoms. The maximum atomic E-state index is 13.9. The second kappa shape index (κ2) is 10.8. The van der Waals surface area contributed by atoms with Crippen LogP contribution in [0.15, 0.2) is 72.8 Å². The number of hydrogen-bond donors (Lipinski definition) is 3. The van der Waals surface area contributed by atoms with Crippen molar-refractivity contribution in [2.45, 2.75) is 38.1 Å². The SMILES string of the molecule is O=C(Nc1ccc(N2CCC(Cc3ccccc3)CC2)c(C(=O)NC2CC2)c1)Nc1ccccc1F. The normalized spacial score (nSPS) is 15.9. The van der Waals surface area contributed by atoms with Gasteiger partial charge in [-0.05, 0) is 73.9 Å². The summed E-state index contributed by atoms with van der Waals surface area (Å²) >= 11 is 0. The minimum absolute atomic E-state index is 0.0942. The Morgan fingerprint density at radius 2 is 1.58 bits per heavy atom. The van der Waals surface area contributed by atoms with Crippen LogP contribution in [-0.4, -0.2) is 31.1 Å². The van der Waals surface area contributed by atoms with Crippen LogP contribution in [0.25, 0.3) is 0 Å². The molecule has 1 aliphatic heterocycles. The first kappa shape index (κ1) is 23.9. The van der Waals surface area contributed by atoms with Crippen molar-refractivity contribution in [2.24, 2.45) is 5.92 Å². The van der Waals surface area contributed by atoms with Crippen LogP contribution in [0.1, 0.15) is 41.6 Å². The highest BCUT2D eigenvalue weighted by molar-refractivity contribution is 6.04. The van der Waals surface area contributed by atoms with Gasteiger partial charge in [-0.2, -0.15) is 0 Å². The van der Waals surface area contributed by atoms with E-state index in [1.165, 1.54) is 17.7 Å². The maximum absolute atomic E-state index is 13.9. The summed E-state index contributed by atoms with van der Waals surface area (Å²) in [5.74, 6) is -0.0179. The molecular formula is C29H31FN4O2. The number of benzene rings is 3. The Bertz CT molecular complexity index is 1220. The van der Waals surface area contributed by atoms with Crippen molar-refractivity contribution in [3.63, 3.8) is 0 Å². The smallest absolute Gasteiger partial charge is 0.323 e. The molecule has 36 heavy (non-hydrogen) atoms. The largest absolute Gasteiger partial charge is 0.371 e. The van der Waals surface area contributed by atoms with E-state index in [4.69, 9.17) is 0 Å². The van der Waals surface area contributed by atoms with E-state index in [-0.39, 0.29) is 17.6 Å². The van der Waals surface area contributed by atoms with E-state index in [1.54, 1.807) is 24.3 Å². The summed E-state index contributed by atoms with van der Waals surface area (Å²) < 4.78 is 13.9. The highest BCUT2D eigenvalue weighted by Gasteiger charge is 2.28. The summed E-state index contributed by atoms with van der Waals surface area (Å²) in [6.45, 7) is 1.75. The van der Waals surface area contributed by atoms with Crippen molar-refractivity contribution in [3.05, 3.63) is 89.7 Å². The second-order valence-electron chi connectivity index (χ2n) is 9.66. The molecule has 0 radical (unpaired) electrons. The van der Waals surface area contributed by atoms with Crippen molar-refractivity contribution < 1.29 is 14.0 Å². The van der Waals surface area contributed by atoms with Gasteiger partial charge in [0.1, 0.15) is 5.82 Å². The molecule has 0 unspecified atom stereocenters. The predicted molar refractivity (Wildman–Crippen MR) is 141 cm³/mol. The molecule has 5 rings (SSSR count). The first-order chi connectivity index (χ1) is 17.5. The lowest BCUT2D eigenvalue weighted by atomic mass is 9.89. The Morgan fingerprint density at radius 1 is 0.861 bits per heavy atom. The van der Waals surface area contributed by atoms with Gasteiger partial charge in [-0.3, -0.25) is 4.79 Å². The molecule has 0 aromatic heterocycles. The number of piperidine rings is 1. The van der Waals surface area contributed by atoms with Gasteiger partial charge in [-0.25, -0.2) is 9.18 Å². The lowest BCUT2D eigenvalue weighted by Crippen LogP contribution is -2.36. The molecule has 1 aliphatic carbocycles. The molecule has 6 nitrogen and oxygen atoms in total. The van der Waals surface area contributed by atoms with E-state index in [9.17, 15) is 14.0 Å². The minimum atomic E-state index is -0.567. The standard InChI is InChI=1S/C29H31FN4O2/c30-25-8-4-5-9-26(25)33-29(36)32-23-12-13-27(24(19-23)28(35)31-22-10-11-22)34-16-14-21(15-17-34)18-20-6-2-1-3-7-20/h1-9,12-13,19,21-22H,10-11,14-18H2,(H,31,35)(H2,32,33,36). The van der Waals surface area contributed by atoms with Crippen molar-refractivity contribution >= 4 is 29.0 Å². The van der Waals surface area contributed by atoms with Crippen LogP contribution < -0.4 is 20.9 Å². The van der Waals surface area contributed by atoms with Crippen LogP contribution in [0.2, 0.25) is 0 Å². The summed E-state index contributed by atoms with van der Waals surface area (Å²) in [4.78, 5) is 27.9. The van der Waals surface area contributed by atoms with Crippen molar-refractivity contribution in [1.29, 1.82) is 0 Å². The summed E-state index contributed by atoms with van der Waals surface area (Å²) in [5.41, 5.74) is 3.37. The molecule has 2 fully saturated rings. The first-order valence-electron chi connectivity index (χ1n) is 12.6. The monoisotopic (exact) mass is 486 g/mol. The third kappa shape index (κ3) is 6.03. The maximum Gasteiger partial charge on any atom is 0.323 e. The zero-order valence-electron chi connectivity index (χ0n) is 20.2. The van der Waals surface area contributed by atoms with Gasteiger partial charge in [0.25, 0.3) is 5.91 Å². The van der Waals surface area contributed by atoms with E-state index < -0.39 is 11.8 Å². The average molecular weight is 487 g/mol. The summed E-state index contributed by atoms with van der Waals surface area (Å²) in [7, 11) is 0. The third-order valence-electron chi connectivity index (χ3n) is 6.86. The van der Waals surface area contributed by atoms with E-state index in [2.05, 4.69) is 45.1 Å². The predicted octanol–water partition coefficient (Wildman–Crippen LogP) is 5.82. The molecule has 3 amide bonds. The fraction of sp³-hybridized carbons (Fsp3) is 0.310. The van der Waals surface area contributed by atoms with Crippen LogP contribution in [0.3, 0.4) is 0 Å². The molecule has 1 heterocycles. The van der Waals surface area contributed by atoms with Crippen LogP contribution in [0, 0.1) is 11.7 Å². The number of hydrogen-bond acceptors (Lipinski definition) is 3. The minimum Gasteiger partial charge on any atom is -0.371 e. The Morgan fingerprint density at radius 3 is 2.31 bits per heavy atom. The van der Waals surface area contributed by atoms with Gasteiger partial charge >= 0.3 is 6.03 Å². The third-order valence-corrected chi connectivity index (χ3v) is 6.86. The molecule has 3 aromatic carbocycles. The number of para-hydroxylation sites is 1. The second-order valence-corrected chi connectivity index (χ2v) is 9.66. The van der Waals surface area contributed by atoms with Crippen molar-refractivity contribution in [3.8, 4) is 0 Å². The number of urea groups is 1. The van der Waals surface area contributed by atoms with Crippen LogP contribution in [0.4, 0.5) is 26.2 Å². The Balaban J connectivity index is 1.28. The van der Waals surface area contributed by atoms with E-state index >= 15 is 0 Å². The number of nitrogens with one attached hydrogen (secondary N) is 3. The van der Waals surface area contributed by atoms with Gasteiger partial charge in [0.05, 0.1) is 11.3 Å². The molecule has 0 atom stereocenters. The number of carbonyl (C=O) groups is 2. The average Bonchev–Trinajstić information content (AvgIpc) is 3.71. The highest BCUT2D eigenvalue weighted by atomic mass is 19.1. The zero-order chi connectivity index (χ0) is 24.9. The fourth-order valence-corrected chi connectivity index (χ4v) is 4.73. The molecule has 186 valence electrons. The number of carbonyl (C=O) groups excluding carboxylic acids is 2. The summed E-state index contributed by atoms with van der Waals surface area (Å²) in [6, 6.07) is 21.6. The molecular weight excluding hydrogens is 455 g/mol. The number of rotatable bonds is 7. The summed E-state index contributed by atoms with van der Waals surface area (Å²) in [6.07, 6.45) is 5.18. The molecule has 0 bridgehead atoms. The van der Waals surface area contributed by atoms with Crippen molar-refractivity contribution in [2.75, 3.05) is 28.6 Å².